The molecule has 0 spiro atoms. The molecule has 0 saturated heterocycles. The van der Waals surface area contributed by atoms with Gasteiger partial charge in [-0.2, -0.15) is 0 Å². The average Bonchev–Trinajstić information content (AvgIpc) is 1.87. The molecule has 1 amide bonds. The van der Waals surface area contributed by atoms with Crippen LogP contribution in [0, 0.1) is 0 Å². The van der Waals surface area contributed by atoms with Gasteiger partial charge in [-0.1, -0.05) is 0 Å². The van der Waals surface area contributed by atoms with Gasteiger partial charge >= 0.3 is 5.91 Å². The number of hydrogen-bond acceptors (Lipinski definition) is 4. The average molecular weight is 130 g/mol. The van der Waals surface area contributed by atoms with E-state index in [-0.39, 0.29) is 0 Å². The molecule has 0 atom stereocenters. The van der Waals surface area contributed by atoms with Gasteiger partial charge < -0.3 is 4.79 Å². The summed E-state index contributed by atoms with van der Waals surface area (Å²) in [7, 11) is 0. The number of carbonyl (C=O) groups is 3. The predicted molar refractivity (Wildman–Crippen MR) is 28.0 cm³/mol. The first kappa shape index (κ1) is 7.77. The zero-order chi connectivity index (χ0) is 7.28. The summed E-state index contributed by atoms with van der Waals surface area (Å²) in [6, 6.07) is 0. The number of amides is 1. The van der Waals surface area contributed by atoms with Crippen LogP contribution in [0.5, 0.6) is 0 Å². The molecule has 0 aromatic rings. The van der Waals surface area contributed by atoms with Crippen LogP contribution in [0.15, 0.2) is 0 Å². The molecule has 0 aliphatic heterocycles. The third-order valence-corrected chi connectivity index (χ3v) is 0.653. The number of carbonyl (C=O) groups excluding carboxylic acids is 3. The van der Waals surface area contributed by atoms with Crippen LogP contribution in [0.3, 0.4) is 0 Å². The van der Waals surface area contributed by atoms with E-state index < -0.39 is 18.1 Å². The van der Waals surface area contributed by atoms with E-state index in [4.69, 9.17) is 0 Å². The second kappa shape index (κ2) is 3.73. The van der Waals surface area contributed by atoms with Crippen molar-refractivity contribution in [3.63, 3.8) is 0 Å². The number of Topliss-reactive ketones (excluding diaryl/α,β-unsaturated/α-hetero) is 1. The smallest absolute Gasteiger partial charge is 0.301 e. The highest BCUT2D eigenvalue weighted by Gasteiger charge is 2.09. The van der Waals surface area contributed by atoms with Crippen LogP contribution in [0.25, 0.3) is 0 Å². The van der Waals surface area contributed by atoms with Crippen molar-refractivity contribution in [1.29, 1.82) is 0 Å². The monoisotopic (exact) mass is 130 g/mol. The van der Waals surface area contributed by atoms with Crippen LogP contribution in [0.2, 0.25) is 0 Å². The van der Waals surface area contributed by atoms with Gasteiger partial charge in [-0.15, -0.1) is 0 Å². The molecule has 5 nitrogen and oxygen atoms in total. The highest BCUT2D eigenvalue weighted by Crippen LogP contribution is 1.75. The van der Waals surface area contributed by atoms with Crippen LogP contribution in [-0.2, 0) is 14.4 Å². The minimum Gasteiger partial charge on any atom is -0.303 e. The molecule has 0 radical (unpaired) electrons. The molecular formula is C4H6N2O3. The van der Waals surface area contributed by atoms with Crippen LogP contribution < -0.4 is 11.3 Å². The number of ketones is 1. The molecule has 0 rings (SSSR count). The summed E-state index contributed by atoms with van der Waals surface area (Å²) in [6.07, 6.45) is -0.0688. The Bertz CT molecular complexity index is 143. The molecule has 0 heterocycles. The maximum Gasteiger partial charge on any atom is 0.301 e. The molecule has 0 aliphatic rings. The maximum absolute atomic E-state index is 10.3. The molecular weight excluding hydrogens is 124 g/mol. The first-order chi connectivity index (χ1) is 4.22. The Hall–Kier alpha value is -1.23. The lowest BCUT2D eigenvalue weighted by atomic mass is 10.3. The van der Waals surface area contributed by atoms with Crippen molar-refractivity contribution < 1.29 is 14.4 Å². The Kier molecular flexibility index (Phi) is 3.22. The quantitative estimate of drug-likeness (QED) is 0.117. The molecule has 50 valence electrons. The first-order valence-corrected chi connectivity index (χ1v) is 2.19. The molecule has 0 bridgehead atoms. The van der Waals surface area contributed by atoms with E-state index in [0.717, 1.165) is 0 Å². The lowest BCUT2D eigenvalue weighted by Gasteiger charge is -1.90. The number of rotatable bonds is 3. The van der Waals surface area contributed by atoms with Gasteiger partial charge in [-0.05, 0) is 0 Å². The van der Waals surface area contributed by atoms with Gasteiger partial charge in [0.1, 0.15) is 6.29 Å². The molecule has 0 aromatic heterocycles. The maximum atomic E-state index is 10.3. The van der Waals surface area contributed by atoms with Crippen molar-refractivity contribution in [3.05, 3.63) is 0 Å². The summed E-state index contributed by atoms with van der Waals surface area (Å²) in [5, 5.41) is 0. The predicted octanol–water partition coefficient (Wildman–Crippen LogP) is -1.87. The highest BCUT2D eigenvalue weighted by molar-refractivity contribution is 6.38. The Balaban J connectivity index is 3.73. The van der Waals surface area contributed by atoms with E-state index in [9.17, 15) is 14.4 Å². The number of aldehydes is 1. The molecule has 0 aliphatic carbocycles. The standard InChI is InChI=1S/C4H6N2O3/c5-6-4(9)3(8)1-2-7/h2H,1,5H2,(H,6,9). The molecule has 0 unspecified atom stereocenters. The summed E-state index contributed by atoms with van der Waals surface area (Å²) < 4.78 is 0. The summed E-state index contributed by atoms with van der Waals surface area (Å²) in [6.45, 7) is 0. The van der Waals surface area contributed by atoms with E-state index in [0.29, 0.717) is 6.29 Å². The van der Waals surface area contributed by atoms with Gasteiger partial charge in [0.05, 0.1) is 6.42 Å². The molecule has 9 heavy (non-hydrogen) atoms. The van der Waals surface area contributed by atoms with Crippen LogP contribution in [-0.4, -0.2) is 18.0 Å². The van der Waals surface area contributed by atoms with Crippen molar-refractivity contribution in [2.75, 3.05) is 0 Å². The topological polar surface area (TPSA) is 89.3 Å². The fourth-order valence-electron chi connectivity index (χ4n) is 0.249. The zero-order valence-electron chi connectivity index (χ0n) is 4.59. The minimum absolute atomic E-state index is 0.345. The van der Waals surface area contributed by atoms with Gasteiger partial charge in [0.25, 0.3) is 0 Å². The minimum atomic E-state index is -0.942. The number of hydrazine groups is 1. The molecule has 0 fully saturated rings. The van der Waals surface area contributed by atoms with E-state index in [1.165, 1.54) is 0 Å². The van der Waals surface area contributed by atoms with Gasteiger partial charge in [0.2, 0.25) is 5.78 Å². The SMILES string of the molecule is NNC(=O)C(=O)CC=O. The van der Waals surface area contributed by atoms with Crippen LogP contribution in [0.4, 0.5) is 0 Å². The van der Waals surface area contributed by atoms with E-state index in [1.54, 1.807) is 5.43 Å². The number of nitrogens with one attached hydrogen (secondary N) is 1. The Labute approximate surface area is 51.2 Å². The van der Waals surface area contributed by atoms with Crippen molar-refractivity contribution in [1.82, 2.24) is 5.43 Å². The fourth-order valence-corrected chi connectivity index (χ4v) is 0.249. The van der Waals surface area contributed by atoms with E-state index >= 15 is 0 Å². The summed E-state index contributed by atoms with van der Waals surface area (Å²) in [4.78, 5) is 30.0. The lowest BCUT2D eigenvalue weighted by molar-refractivity contribution is -0.138. The summed E-state index contributed by atoms with van der Waals surface area (Å²) in [5.41, 5.74) is 1.60. The third-order valence-electron chi connectivity index (χ3n) is 0.653. The zero-order valence-corrected chi connectivity index (χ0v) is 4.59. The van der Waals surface area contributed by atoms with Crippen LogP contribution in [0.1, 0.15) is 6.42 Å². The Morgan fingerprint density at radius 2 is 2.11 bits per heavy atom. The molecule has 5 heteroatoms. The summed E-state index contributed by atoms with van der Waals surface area (Å²) in [5.74, 6) is 2.80. The number of hydrogen-bond donors (Lipinski definition) is 2. The highest BCUT2D eigenvalue weighted by atomic mass is 16.2. The lowest BCUT2D eigenvalue weighted by Crippen LogP contribution is -2.36. The first-order valence-electron chi connectivity index (χ1n) is 2.19. The number of nitrogens with two attached hydrogens (primary N) is 1. The Morgan fingerprint density at radius 1 is 1.56 bits per heavy atom. The normalized spacial score (nSPS) is 8.11. The third kappa shape index (κ3) is 2.55. The molecule has 3 N–H and O–H groups in total. The largest absolute Gasteiger partial charge is 0.303 e. The van der Waals surface area contributed by atoms with Crippen LogP contribution >= 0.6 is 0 Å². The Morgan fingerprint density at radius 3 is 2.44 bits per heavy atom. The van der Waals surface area contributed by atoms with Gasteiger partial charge in [-0.25, -0.2) is 5.84 Å². The second-order valence-electron chi connectivity index (χ2n) is 1.27. The van der Waals surface area contributed by atoms with Crippen molar-refractivity contribution in [2.24, 2.45) is 5.84 Å². The molecule has 0 saturated carbocycles. The van der Waals surface area contributed by atoms with Crippen molar-refractivity contribution in [2.45, 2.75) is 6.42 Å². The van der Waals surface area contributed by atoms with Gasteiger partial charge in [-0.3, -0.25) is 15.0 Å². The van der Waals surface area contributed by atoms with Crippen molar-refractivity contribution >= 4 is 18.0 Å². The second-order valence-corrected chi connectivity index (χ2v) is 1.27. The fraction of sp³-hybridized carbons (Fsp3) is 0.250. The molecule has 0 aromatic carbocycles. The van der Waals surface area contributed by atoms with Gasteiger partial charge in [0.15, 0.2) is 0 Å². The van der Waals surface area contributed by atoms with Gasteiger partial charge in [0, 0.05) is 0 Å². The van der Waals surface area contributed by atoms with E-state index in [1.807, 2.05) is 0 Å². The summed E-state index contributed by atoms with van der Waals surface area (Å²) >= 11 is 0. The van der Waals surface area contributed by atoms with Crippen molar-refractivity contribution in [3.8, 4) is 0 Å². The van der Waals surface area contributed by atoms with E-state index in [2.05, 4.69) is 5.84 Å².